The van der Waals surface area contributed by atoms with Crippen molar-refractivity contribution in [3.8, 4) is 17.0 Å². The number of aromatic nitrogens is 2. The van der Waals surface area contributed by atoms with Gasteiger partial charge in [0, 0.05) is 32.2 Å². The highest BCUT2D eigenvalue weighted by molar-refractivity contribution is 5.93. The third-order valence-electron chi connectivity index (χ3n) is 5.62. The van der Waals surface area contributed by atoms with Crippen molar-refractivity contribution in [2.75, 3.05) is 19.6 Å². The van der Waals surface area contributed by atoms with E-state index >= 15 is 0 Å². The van der Waals surface area contributed by atoms with E-state index in [-0.39, 0.29) is 23.7 Å². The molecule has 0 spiro atoms. The fourth-order valence-electron chi connectivity index (χ4n) is 3.74. The Kier molecular flexibility index (Phi) is 6.49. The molecule has 4 rings (SSSR count). The number of benzene rings is 2. The summed E-state index contributed by atoms with van der Waals surface area (Å²) in [6, 6.07) is 16.7. The molecule has 166 valence electrons. The fraction of sp³-hybridized carbons (Fsp3) is 0.292. The molecule has 0 radical (unpaired) electrons. The Morgan fingerprint density at radius 1 is 1.09 bits per heavy atom. The number of hydrogen-bond donors (Lipinski definition) is 1. The van der Waals surface area contributed by atoms with Crippen LogP contribution < -0.4 is 10.1 Å². The fourth-order valence-corrected chi connectivity index (χ4v) is 3.74. The topological polar surface area (TPSA) is 76.5 Å². The van der Waals surface area contributed by atoms with Gasteiger partial charge >= 0.3 is 6.09 Å². The number of carbonyl (C=O) groups is 2. The Balaban J connectivity index is 1.26. The van der Waals surface area contributed by atoms with E-state index in [1.807, 2.05) is 18.2 Å². The number of likely N-dealkylation sites (tertiary alicyclic amines) is 1. The van der Waals surface area contributed by atoms with Crippen LogP contribution in [0.1, 0.15) is 23.3 Å². The zero-order valence-electron chi connectivity index (χ0n) is 17.8. The van der Waals surface area contributed by atoms with Crippen molar-refractivity contribution in [3.63, 3.8) is 0 Å². The molecule has 0 saturated carbocycles. The van der Waals surface area contributed by atoms with Gasteiger partial charge in [-0.1, -0.05) is 18.2 Å². The van der Waals surface area contributed by atoms with E-state index in [0.717, 1.165) is 18.4 Å². The number of carbonyl (C=O) groups excluding carboxylic acids is 2. The van der Waals surface area contributed by atoms with Crippen LogP contribution in [0.25, 0.3) is 11.3 Å². The quantitative estimate of drug-likeness (QED) is 0.659. The molecule has 1 aliphatic rings. The number of rotatable bonds is 5. The van der Waals surface area contributed by atoms with Crippen molar-refractivity contribution >= 4 is 12.0 Å². The van der Waals surface area contributed by atoms with Gasteiger partial charge in [0.25, 0.3) is 5.91 Å². The van der Waals surface area contributed by atoms with Crippen LogP contribution in [-0.2, 0) is 7.05 Å². The molecule has 0 bridgehead atoms. The molecule has 3 aromatic rings. The highest BCUT2D eigenvalue weighted by atomic mass is 19.1. The molecule has 2 amide bonds. The minimum Gasteiger partial charge on any atom is -0.410 e. The number of halogens is 1. The Hall–Kier alpha value is -3.68. The predicted molar refractivity (Wildman–Crippen MR) is 118 cm³/mol. The lowest BCUT2D eigenvalue weighted by atomic mass is 9.97. The van der Waals surface area contributed by atoms with Crippen LogP contribution in [-0.4, -0.2) is 46.3 Å². The van der Waals surface area contributed by atoms with E-state index in [1.165, 1.54) is 16.8 Å². The van der Waals surface area contributed by atoms with Gasteiger partial charge in [0.05, 0.1) is 5.69 Å². The Labute approximate surface area is 185 Å². The predicted octanol–water partition coefficient (Wildman–Crippen LogP) is 3.87. The smallest absolute Gasteiger partial charge is 0.410 e. The molecule has 32 heavy (non-hydrogen) atoms. The monoisotopic (exact) mass is 436 g/mol. The van der Waals surface area contributed by atoms with Crippen LogP contribution in [0.2, 0.25) is 0 Å². The van der Waals surface area contributed by atoms with Crippen LogP contribution in [0.3, 0.4) is 0 Å². The number of nitrogens with zero attached hydrogens (tertiary/aromatic N) is 3. The minimum atomic E-state index is -0.345. The first-order valence-electron chi connectivity index (χ1n) is 10.6. The second-order valence-corrected chi connectivity index (χ2v) is 7.87. The number of aryl methyl sites for hydroxylation is 1. The molecule has 2 heterocycles. The lowest BCUT2D eigenvalue weighted by molar-refractivity contribution is 0.0922. The summed E-state index contributed by atoms with van der Waals surface area (Å²) < 4.78 is 20.1. The van der Waals surface area contributed by atoms with Gasteiger partial charge in [-0.25, -0.2) is 9.18 Å². The van der Waals surface area contributed by atoms with Gasteiger partial charge in [-0.3, -0.25) is 9.48 Å². The normalized spacial score (nSPS) is 14.2. The number of para-hydroxylation sites is 1. The zero-order valence-corrected chi connectivity index (χ0v) is 17.8. The molecule has 8 heteroatoms. The van der Waals surface area contributed by atoms with Crippen LogP contribution in [0.15, 0.2) is 60.7 Å². The molecule has 1 saturated heterocycles. The summed E-state index contributed by atoms with van der Waals surface area (Å²) in [5.41, 5.74) is 1.80. The van der Waals surface area contributed by atoms with E-state index in [1.54, 1.807) is 42.3 Å². The number of nitrogens with one attached hydrogen (secondary N) is 1. The first-order valence-corrected chi connectivity index (χ1v) is 10.6. The average Bonchev–Trinajstić information content (AvgIpc) is 3.20. The van der Waals surface area contributed by atoms with E-state index in [2.05, 4.69) is 10.4 Å². The Morgan fingerprint density at radius 2 is 1.78 bits per heavy atom. The van der Waals surface area contributed by atoms with E-state index in [0.29, 0.717) is 36.8 Å². The van der Waals surface area contributed by atoms with Crippen LogP contribution >= 0.6 is 0 Å². The maximum atomic E-state index is 13.1. The number of ether oxygens (including phenoxy) is 1. The third kappa shape index (κ3) is 5.14. The van der Waals surface area contributed by atoms with Gasteiger partial charge < -0.3 is 15.0 Å². The maximum absolute atomic E-state index is 13.1. The molecule has 0 atom stereocenters. The van der Waals surface area contributed by atoms with E-state index in [9.17, 15) is 14.0 Å². The summed E-state index contributed by atoms with van der Waals surface area (Å²) >= 11 is 0. The summed E-state index contributed by atoms with van der Waals surface area (Å²) in [6.07, 6.45) is 1.23. The van der Waals surface area contributed by atoms with Gasteiger partial charge in [0.15, 0.2) is 0 Å². The largest absolute Gasteiger partial charge is 0.415 e. The van der Waals surface area contributed by atoms with Gasteiger partial charge in [0.1, 0.15) is 17.3 Å². The first-order chi connectivity index (χ1) is 15.5. The third-order valence-corrected chi connectivity index (χ3v) is 5.62. The molecule has 0 aliphatic carbocycles. The second kappa shape index (κ2) is 9.64. The maximum Gasteiger partial charge on any atom is 0.415 e. The molecule has 1 fully saturated rings. The summed E-state index contributed by atoms with van der Waals surface area (Å²) in [6.45, 7) is 1.71. The Bertz CT molecular complexity index is 1070. The van der Waals surface area contributed by atoms with Gasteiger partial charge in [-0.2, -0.15) is 5.10 Å². The second-order valence-electron chi connectivity index (χ2n) is 7.87. The first kappa shape index (κ1) is 21.5. The van der Waals surface area contributed by atoms with Crippen molar-refractivity contribution < 1.29 is 18.7 Å². The van der Waals surface area contributed by atoms with E-state index < -0.39 is 0 Å². The van der Waals surface area contributed by atoms with Gasteiger partial charge in [0.2, 0.25) is 0 Å². The van der Waals surface area contributed by atoms with Crippen LogP contribution in [0.4, 0.5) is 9.18 Å². The van der Waals surface area contributed by atoms with Crippen LogP contribution in [0.5, 0.6) is 5.75 Å². The zero-order chi connectivity index (χ0) is 22.5. The molecular weight excluding hydrogens is 411 g/mol. The summed E-state index contributed by atoms with van der Waals surface area (Å²) in [7, 11) is 1.71. The Morgan fingerprint density at radius 3 is 2.47 bits per heavy atom. The number of hydrogen-bond acceptors (Lipinski definition) is 4. The summed E-state index contributed by atoms with van der Waals surface area (Å²) in [4.78, 5) is 26.7. The van der Waals surface area contributed by atoms with Crippen LogP contribution in [0, 0.1) is 11.7 Å². The molecule has 2 aromatic carbocycles. The molecular formula is C24H25FN4O3. The van der Waals surface area contributed by atoms with Crippen molar-refractivity contribution in [1.29, 1.82) is 0 Å². The standard InChI is InChI=1S/C24H25FN4O3/c1-28-22(15-21(27-28)18-7-9-19(25)10-8-18)23(30)26-16-17-11-13-29(14-12-17)24(31)32-20-5-3-2-4-6-20/h2-10,15,17H,11-14,16H2,1H3,(H,26,30). The summed E-state index contributed by atoms with van der Waals surface area (Å²) in [5, 5.41) is 7.34. The number of amides is 2. The van der Waals surface area contributed by atoms with Crippen molar-refractivity contribution in [3.05, 3.63) is 72.2 Å². The number of piperidine rings is 1. The molecule has 1 aromatic heterocycles. The SMILES string of the molecule is Cn1nc(-c2ccc(F)cc2)cc1C(=O)NCC1CCN(C(=O)Oc2ccccc2)CC1. The minimum absolute atomic E-state index is 0.209. The van der Waals surface area contributed by atoms with Crippen molar-refractivity contribution in [2.45, 2.75) is 12.8 Å². The highest BCUT2D eigenvalue weighted by Crippen LogP contribution is 2.21. The lowest BCUT2D eigenvalue weighted by Gasteiger charge is -2.31. The van der Waals surface area contributed by atoms with Gasteiger partial charge in [-0.15, -0.1) is 0 Å². The molecule has 1 aliphatic heterocycles. The lowest BCUT2D eigenvalue weighted by Crippen LogP contribution is -2.42. The molecule has 1 N–H and O–H groups in total. The summed E-state index contributed by atoms with van der Waals surface area (Å²) in [5.74, 6) is 0.286. The highest BCUT2D eigenvalue weighted by Gasteiger charge is 2.25. The molecule has 0 unspecified atom stereocenters. The van der Waals surface area contributed by atoms with Crippen molar-refractivity contribution in [1.82, 2.24) is 20.0 Å². The average molecular weight is 436 g/mol. The van der Waals surface area contributed by atoms with Crippen molar-refractivity contribution in [2.24, 2.45) is 13.0 Å². The van der Waals surface area contributed by atoms with E-state index in [4.69, 9.17) is 4.74 Å². The molecule has 7 nitrogen and oxygen atoms in total. The van der Waals surface area contributed by atoms with Gasteiger partial charge in [-0.05, 0) is 61.2 Å².